The molecule has 0 heterocycles. The number of benzene rings is 1. The van der Waals surface area contributed by atoms with E-state index >= 15 is 0 Å². The first-order valence-electron chi connectivity index (χ1n) is 7.80. The lowest BCUT2D eigenvalue weighted by molar-refractivity contribution is -0.125. The van der Waals surface area contributed by atoms with Crippen LogP contribution in [0.5, 0.6) is 0 Å². The predicted octanol–water partition coefficient (Wildman–Crippen LogP) is 3.61. The minimum Gasteiger partial charge on any atom is -0.354 e. The molecule has 3 nitrogen and oxygen atoms in total. The first kappa shape index (κ1) is 19.3. The lowest BCUT2D eigenvalue weighted by Crippen LogP contribution is -2.44. The van der Waals surface area contributed by atoms with Gasteiger partial charge in [0, 0.05) is 28.1 Å². The van der Waals surface area contributed by atoms with Crippen LogP contribution in [0.15, 0.2) is 35.2 Å². The summed E-state index contributed by atoms with van der Waals surface area (Å²) in [4.78, 5) is 13.4. The fourth-order valence-corrected chi connectivity index (χ4v) is 4.15. The highest BCUT2D eigenvalue weighted by atomic mass is 35.5. The Hall–Kier alpha value is -0.710. The standard InChI is InChI=1S/C17H26N2OS.ClH/c1-13(14(2)18)16(20)19-12-17(10-6-7-11-17)21-15-8-4-3-5-9-15;/h3-5,8-9,13-14H,6-7,10-12,18H2,1-2H3,(H,19,20);1H. The molecule has 1 aromatic rings. The molecule has 1 aliphatic carbocycles. The summed E-state index contributed by atoms with van der Waals surface area (Å²) in [5, 5.41) is 3.13. The molecule has 0 radical (unpaired) electrons. The van der Waals surface area contributed by atoms with Gasteiger partial charge in [0.1, 0.15) is 0 Å². The topological polar surface area (TPSA) is 55.1 Å². The molecule has 3 N–H and O–H groups in total. The second kappa shape index (κ2) is 8.80. The fraction of sp³-hybridized carbons (Fsp3) is 0.588. The number of hydrogen-bond acceptors (Lipinski definition) is 3. The van der Waals surface area contributed by atoms with Crippen LogP contribution in [0.25, 0.3) is 0 Å². The Balaban J connectivity index is 0.00000242. The van der Waals surface area contributed by atoms with E-state index in [4.69, 9.17) is 5.73 Å². The van der Waals surface area contributed by atoms with Crippen LogP contribution in [-0.4, -0.2) is 23.2 Å². The summed E-state index contributed by atoms with van der Waals surface area (Å²) < 4.78 is 0.147. The first-order chi connectivity index (χ1) is 10.0. The maximum atomic E-state index is 12.1. The number of carbonyl (C=O) groups is 1. The second-order valence-corrected chi connectivity index (χ2v) is 7.71. The number of halogens is 1. The summed E-state index contributed by atoms with van der Waals surface area (Å²) in [6, 6.07) is 10.4. The van der Waals surface area contributed by atoms with Crippen LogP contribution >= 0.6 is 24.2 Å². The van der Waals surface area contributed by atoms with E-state index in [9.17, 15) is 4.79 Å². The van der Waals surface area contributed by atoms with Crippen molar-refractivity contribution in [3.05, 3.63) is 30.3 Å². The van der Waals surface area contributed by atoms with Gasteiger partial charge >= 0.3 is 0 Å². The summed E-state index contributed by atoms with van der Waals surface area (Å²) in [5.41, 5.74) is 5.81. The van der Waals surface area contributed by atoms with Crippen LogP contribution in [0.2, 0.25) is 0 Å². The maximum absolute atomic E-state index is 12.1. The van der Waals surface area contributed by atoms with Crippen molar-refractivity contribution in [1.82, 2.24) is 5.32 Å². The molecule has 2 atom stereocenters. The molecule has 1 amide bonds. The molecule has 22 heavy (non-hydrogen) atoms. The summed E-state index contributed by atoms with van der Waals surface area (Å²) >= 11 is 1.91. The summed E-state index contributed by atoms with van der Waals surface area (Å²) in [7, 11) is 0. The Morgan fingerprint density at radius 3 is 2.41 bits per heavy atom. The fourth-order valence-electron chi connectivity index (χ4n) is 2.72. The number of carbonyl (C=O) groups excluding carboxylic acids is 1. The lowest BCUT2D eigenvalue weighted by Gasteiger charge is -2.29. The van der Waals surface area contributed by atoms with Crippen molar-refractivity contribution in [3.63, 3.8) is 0 Å². The van der Waals surface area contributed by atoms with Crippen LogP contribution in [0.3, 0.4) is 0 Å². The van der Waals surface area contributed by atoms with Crippen molar-refractivity contribution in [3.8, 4) is 0 Å². The largest absolute Gasteiger partial charge is 0.354 e. The van der Waals surface area contributed by atoms with Crippen LogP contribution < -0.4 is 11.1 Å². The molecule has 5 heteroatoms. The van der Waals surface area contributed by atoms with Crippen molar-refractivity contribution >= 4 is 30.1 Å². The molecule has 1 aromatic carbocycles. The Morgan fingerprint density at radius 1 is 1.27 bits per heavy atom. The normalized spacial score (nSPS) is 19.0. The van der Waals surface area contributed by atoms with Gasteiger partial charge in [-0.25, -0.2) is 0 Å². The first-order valence-corrected chi connectivity index (χ1v) is 8.61. The second-order valence-electron chi connectivity index (χ2n) is 6.17. The third kappa shape index (κ3) is 5.18. The summed E-state index contributed by atoms with van der Waals surface area (Å²) in [6.07, 6.45) is 4.83. The average Bonchev–Trinajstić information content (AvgIpc) is 2.94. The van der Waals surface area contributed by atoms with Crippen LogP contribution in [0, 0.1) is 5.92 Å². The van der Waals surface area contributed by atoms with Crippen molar-refractivity contribution in [2.24, 2.45) is 11.7 Å². The molecule has 2 unspecified atom stereocenters. The third-order valence-electron chi connectivity index (χ3n) is 4.38. The zero-order valence-corrected chi connectivity index (χ0v) is 15.0. The van der Waals surface area contributed by atoms with Gasteiger partial charge in [0.15, 0.2) is 0 Å². The van der Waals surface area contributed by atoms with E-state index in [1.807, 2.05) is 31.7 Å². The highest BCUT2D eigenvalue weighted by Gasteiger charge is 2.35. The molecule has 0 spiro atoms. The van der Waals surface area contributed by atoms with Gasteiger partial charge < -0.3 is 11.1 Å². The van der Waals surface area contributed by atoms with Crippen LogP contribution in [-0.2, 0) is 4.79 Å². The number of nitrogens with two attached hydrogens (primary N) is 1. The zero-order valence-electron chi connectivity index (χ0n) is 13.4. The van der Waals surface area contributed by atoms with E-state index in [-0.39, 0.29) is 35.0 Å². The third-order valence-corrected chi connectivity index (χ3v) is 5.87. The van der Waals surface area contributed by atoms with Crippen LogP contribution in [0.1, 0.15) is 39.5 Å². The number of hydrogen-bond donors (Lipinski definition) is 2. The molecule has 124 valence electrons. The minimum atomic E-state index is -0.134. The van der Waals surface area contributed by atoms with E-state index in [1.165, 1.54) is 30.6 Å². The quantitative estimate of drug-likeness (QED) is 0.830. The van der Waals surface area contributed by atoms with Gasteiger partial charge in [0.25, 0.3) is 0 Å². The van der Waals surface area contributed by atoms with Crippen LogP contribution in [0.4, 0.5) is 0 Å². The van der Waals surface area contributed by atoms with E-state index < -0.39 is 0 Å². The molecule has 2 rings (SSSR count). The van der Waals surface area contributed by atoms with Gasteiger partial charge in [-0.05, 0) is 31.9 Å². The van der Waals surface area contributed by atoms with Gasteiger partial charge in [-0.3, -0.25) is 4.79 Å². The van der Waals surface area contributed by atoms with Gasteiger partial charge in [-0.2, -0.15) is 0 Å². The van der Waals surface area contributed by atoms with Crippen molar-refractivity contribution in [2.45, 2.75) is 55.2 Å². The monoisotopic (exact) mass is 342 g/mol. The zero-order chi connectivity index (χ0) is 15.3. The average molecular weight is 343 g/mol. The minimum absolute atomic E-state index is 0. The summed E-state index contributed by atoms with van der Waals surface area (Å²) in [5.74, 6) is -0.0601. The molecular formula is C17H27ClN2OS. The van der Waals surface area contributed by atoms with Gasteiger partial charge in [-0.1, -0.05) is 38.0 Å². The van der Waals surface area contributed by atoms with Gasteiger partial charge in [-0.15, -0.1) is 24.2 Å². The van der Waals surface area contributed by atoms with E-state index in [0.29, 0.717) is 0 Å². The Bertz CT molecular complexity index is 461. The Morgan fingerprint density at radius 2 is 1.86 bits per heavy atom. The number of thioether (sulfide) groups is 1. The molecular weight excluding hydrogens is 316 g/mol. The predicted molar refractivity (Wildman–Crippen MR) is 96.6 cm³/mol. The Labute approximate surface area is 144 Å². The number of rotatable bonds is 6. The number of amides is 1. The summed E-state index contributed by atoms with van der Waals surface area (Å²) in [6.45, 7) is 4.52. The molecule has 1 saturated carbocycles. The molecule has 0 aliphatic heterocycles. The Kier molecular flexibility index (Phi) is 7.74. The van der Waals surface area contributed by atoms with Crippen molar-refractivity contribution in [2.75, 3.05) is 6.54 Å². The molecule has 1 fully saturated rings. The molecule has 0 aromatic heterocycles. The molecule has 0 bridgehead atoms. The highest BCUT2D eigenvalue weighted by molar-refractivity contribution is 8.00. The molecule has 0 saturated heterocycles. The molecule has 1 aliphatic rings. The number of nitrogens with one attached hydrogen (secondary N) is 1. The SMILES string of the molecule is CC(N)C(C)C(=O)NCC1(Sc2ccccc2)CCCC1.Cl. The smallest absolute Gasteiger partial charge is 0.224 e. The van der Waals surface area contributed by atoms with Crippen molar-refractivity contribution < 1.29 is 4.79 Å². The van der Waals surface area contributed by atoms with E-state index in [1.54, 1.807) is 0 Å². The van der Waals surface area contributed by atoms with E-state index in [0.717, 1.165) is 6.54 Å². The van der Waals surface area contributed by atoms with Gasteiger partial charge in [0.05, 0.1) is 0 Å². The van der Waals surface area contributed by atoms with E-state index in [2.05, 4.69) is 29.6 Å². The maximum Gasteiger partial charge on any atom is 0.224 e. The van der Waals surface area contributed by atoms with Gasteiger partial charge in [0.2, 0.25) is 5.91 Å². The van der Waals surface area contributed by atoms with Crippen molar-refractivity contribution in [1.29, 1.82) is 0 Å². The highest BCUT2D eigenvalue weighted by Crippen LogP contribution is 2.44. The lowest BCUT2D eigenvalue weighted by atomic mass is 10.0.